The summed E-state index contributed by atoms with van der Waals surface area (Å²) in [4.78, 5) is 0. The largest absolute Gasteiger partial charge is 0.380 e. The Morgan fingerprint density at radius 3 is 2.70 bits per heavy atom. The molecule has 3 nitrogen and oxygen atoms in total. The molecule has 0 radical (unpaired) electrons. The summed E-state index contributed by atoms with van der Waals surface area (Å²) in [5.74, 6) is 0. The molecule has 10 heavy (non-hydrogen) atoms. The van der Waals surface area contributed by atoms with E-state index in [0.29, 0.717) is 6.61 Å². The summed E-state index contributed by atoms with van der Waals surface area (Å²) >= 11 is 0. The van der Waals surface area contributed by atoms with Gasteiger partial charge in [-0.05, 0) is 26.3 Å². The average molecular weight is 146 g/mol. The maximum absolute atomic E-state index is 5.67. The Balaban J connectivity index is 3.00. The molecule has 0 aliphatic carbocycles. The predicted octanol–water partition coefficient (Wildman–Crippen LogP) is 0.0891. The van der Waals surface area contributed by atoms with Crippen molar-refractivity contribution >= 4 is 0 Å². The molecule has 0 aromatic rings. The molecule has 0 heterocycles. The van der Waals surface area contributed by atoms with Crippen molar-refractivity contribution in [1.82, 2.24) is 0 Å². The first-order valence-electron chi connectivity index (χ1n) is 3.84. The summed E-state index contributed by atoms with van der Waals surface area (Å²) in [6.45, 7) is 4.10. The van der Waals surface area contributed by atoms with Crippen molar-refractivity contribution in [1.29, 1.82) is 0 Å². The molecule has 0 fully saturated rings. The summed E-state index contributed by atoms with van der Waals surface area (Å²) in [5.41, 5.74) is 11.0. The third-order valence-corrected chi connectivity index (χ3v) is 1.32. The Morgan fingerprint density at radius 2 is 2.20 bits per heavy atom. The van der Waals surface area contributed by atoms with E-state index in [1.807, 2.05) is 6.92 Å². The second-order valence-corrected chi connectivity index (χ2v) is 2.35. The quantitative estimate of drug-likeness (QED) is 0.558. The molecule has 0 aliphatic heterocycles. The van der Waals surface area contributed by atoms with Crippen LogP contribution in [0, 0.1) is 0 Å². The van der Waals surface area contributed by atoms with Crippen molar-refractivity contribution in [2.45, 2.75) is 25.8 Å². The van der Waals surface area contributed by atoms with Crippen molar-refractivity contribution in [3.63, 3.8) is 0 Å². The van der Waals surface area contributed by atoms with Crippen LogP contribution in [-0.4, -0.2) is 25.8 Å². The van der Waals surface area contributed by atoms with Gasteiger partial charge >= 0.3 is 0 Å². The zero-order chi connectivity index (χ0) is 7.82. The van der Waals surface area contributed by atoms with Crippen LogP contribution < -0.4 is 11.5 Å². The van der Waals surface area contributed by atoms with Gasteiger partial charge in [-0.15, -0.1) is 0 Å². The van der Waals surface area contributed by atoms with Crippen LogP contribution in [0.4, 0.5) is 0 Å². The Kier molecular flexibility index (Phi) is 6.91. The van der Waals surface area contributed by atoms with Crippen LogP contribution in [0.25, 0.3) is 0 Å². The highest BCUT2D eigenvalue weighted by molar-refractivity contribution is 4.59. The average Bonchev–Trinajstić information content (AvgIpc) is 1.97. The highest BCUT2D eigenvalue weighted by Crippen LogP contribution is 1.92. The van der Waals surface area contributed by atoms with Crippen molar-refractivity contribution in [2.75, 3.05) is 19.8 Å². The minimum atomic E-state index is 0.170. The van der Waals surface area contributed by atoms with Crippen LogP contribution in [0.3, 0.4) is 0 Å². The van der Waals surface area contributed by atoms with Gasteiger partial charge in [0.05, 0.1) is 6.61 Å². The minimum Gasteiger partial charge on any atom is -0.380 e. The zero-order valence-corrected chi connectivity index (χ0v) is 6.68. The van der Waals surface area contributed by atoms with Crippen molar-refractivity contribution in [3.05, 3.63) is 0 Å². The van der Waals surface area contributed by atoms with E-state index in [-0.39, 0.29) is 6.04 Å². The van der Waals surface area contributed by atoms with Crippen LogP contribution in [0.5, 0.6) is 0 Å². The van der Waals surface area contributed by atoms with E-state index in [0.717, 1.165) is 26.0 Å². The van der Waals surface area contributed by atoms with Gasteiger partial charge in [0, 0.05) is 12.6 Å². The van der Waals surface area contributed by atoms with Crippen LogP contribution >= 0.6 is 0 Å². The smallest absolute Gasteiger partial charge is 0.0617 e. The topological polar surface area (TPSA) is 61.3 Å². The summed E-state index contributed by atoms with van der Waals surface area (Å²) in [5, 5.41) is 0. The lowest BCUT2D eigenvalue weighted by Crippen LogP contribution is -2.26. The van der Waals surface area contributed by atoms with E-state index in [1.165, 1.54) is 0 Å². The number of hydrogen-bond donors (Lipinski definition) is 2. The van der Waals surface area contributed by atoms with Gasteiger partial charge in [0.15, 0.2) is 0 Å². The van der Waals surface area contributed by atoms with E-state index < -0.39 is 0 Å². The van der Waals surface area contributed by atoms with Gasteiger partial charge in [0.2, 0.25) is 0 Å². The van der Waals surface area contributed by atoms with E-state index in [9.17, 15) is 0 Å². The summed E-state index contributed by atoms with van der Waals surface area (Å²) in [6, 6.07) is 0.170. The van der Waals surface area contributed by atoms with Crippen LogP contribution in [0.15, 0.2) is 0 Å². The van der Waals surface area contributed by atoms with Gasteiger partial charge in [-0.2, -0.15) is 0 Å². The summed E-state index contributed by atoms with van der Waals surface area (Å²) in [6.07, 6.45) is 1.96. The summed E-state index contributed by atoms with van der Waals surface area (Å²) < 4.78 is 5.13. The molecule has 1 unspecified atom stereocenters. The maximum Gasteiger partial charge on any atom is 0.0617 e. The van der Waals surface area contributed by atoms with Crippen molar-refractivity contribution in [2.24, 2.45) is 11.5 Å². The van der Waals surface area contributed by atoms with Crippen molar-refractivity contribution < 1.29 is 4.74 Å². The van der Waals surface area contributed by atoms with E-state index in [1.54, 1.807) is 0 Å². The number of ether oxygens (including phenoxy) is 1. The first-order chi connectivity index (χ1) is 4.81. The minimum absolute atomic E-state index is 0.170. The number of nitrogens with two attached hydrogens (primary N) is 2. The molecule has 1 atom stereocenters. The summed E-state index contributed by atoms with van der Waals surface area (Å²) in [7, 11) is 0. The molecule has 0 aliphatic rings. The Labute approximate surface area is 62.7 Å². The highest BCUT2D eigenvalue weighted by Gasteiger charge is 1.99. The fourth-order valence-electron chi connectivity index (χ4n) is 0.733. The molecule has 0 spiro atoms. The number of hydrogen-bond acceptors (Lipinski definition) is 3. The van der Waals surface area contributed by atoms with Crippen LogP contribution in [-0.2, 0) is 4.74 Å². The van der Waals surface area contributed by atoms with E-state index in [4.69, 9.17) is 16.2 Å². The molecule has 4 N–H and O–H groups in total. The van der Waals surface area contributed by atoms with Gasteiger partial charge in [0.1, 0.15) is 0 Å². The maximum atomic E-state index is 5.67. The Morgan fingerprint density at radius 1 is 1.50 bits per heavy atom. The highest BCUT2D eigenvalue weighted by atomic mass is 16.5. The molecule has 0 saturated carbocycles. The molecule has 0 aromatic heterocycles. The Hall–Kier alpha value is -0.120. The van der Waals surface area contributed by atoms with Gasteiger partial charge in [-0.25, -0.2) is 0 Å². The molecular formula is C7H18N2O. The number of rotatable bonds is 6. The first-order valence-corrected chi connectivity index (χ1v) is 3.84. The van der Waals surface area contributed by atoms with Gasteiger partial charge in [0.25, 0.3) is 0 Å². The second kappa shape index (κ2) is 6.99. The van der Waals surface area contributed by atoms with Crippen molar-refractivity contribution in [3.8, 4) is 0 Å². The van der Waals surface area contributed by atoms with E-state index in [2.05, 4.69) is 0 Å². The van der Waals surface area contributed by atoms with Crippen LogP contribution in [0.2, 0.25) is 0 Å². The zero-order valence-electron chi connectivity index (χ0n) is 6.68. The first kappa shape index (κ1) is 9.88. The lowest BCUT2D eigenvalue weighted by molar-refractivity contribution is 0.130. The SMILES string of the molecule is CCOCC(N)CCCN. The molecule has 0 rings (SSSR count). The fourth-order valence-corrected chi connectivity index (χ4v) is 0.733. The molecular weight excluding hydrogens is 128 g/mol. The lowest BCUT2D eigenvalue weighted by Gasteiger charge is -2.09. The standard InChI is InChI=1S/C7H18N2O/c1-2-10-6-7(9)4-3-5-8/h7H,2-6,8-9H2,1H3. The molecule has 62 valence electrons. The molecule has 3 heteroatoms. The van der Waals surface area contributed by atoms with Gasteiger partial charge in [-0.3, -0.25) is 0 Å². The molecule has 0 aromatic carbocycles. The third-order valence-electron chi connectivity index (χ3n) is 1.32. The molecule has 0 amide bonds. The third kappa shape index (κ3) is 6.01. The molecule has 0 saturated heterocycles. The second-order valence-electron chi connectivity index (χ2n) is 2.35. The Bertz CT molecular complexity index is 60.6. The lowest BCUT2D eigenvalue weighted by atomic mass is 10.2. The van der Waals surface area contributed by atoms with Gasteiger partial charge < -0.3 is 16.2 Å². The monoisotopic (exact) mass is 146 g/mol. The van der Waals surface area contributed by atoms with Crippen LogP contribution in [0.1, 0.15) is 19.8 Å². The fraction of sp³-hybridized carbons (Fsp3) is 1.00. The molecule has 0 bridgehead atoms. The predicted molar refractivity (Wildman–Crippen MR) is 42.8 cm³/mol. The van der Waals surface area contributed by atoms with E-state index >= 15 is 0 Å². The normalized spacial score (nSPS) is 13.5. The van der Waals surface area contributed by atoms with Gasteiger partial charge in [-0.1, -0.05) is 0 Å².